The summed E-state index contributed by atoms with van der Waals surface area (Å²) in [5, 5.41) is 11.7. The van der Waals surface area contributed by atoms with Crippen LogP contribution < -0.4 is 5.32 Å². The number of carbonyl (C=O) groups excluding carboxylic acids is 1. The molecule has 1 fully saturated rings. The standard InChI is InChI=1S/C14H16FNO3/c1-8-11(3-2-4-12(8)15)13(17)16-10-6-5-9(7-10)14(18)19/h2-4,9-10H,5-7H2,1H3,(H,16,17)(H,18,19)/t9-,10+/m0/s1. The van der Waals surface area contributed by atoms with Gasteiger partial charge in [-0.25, -0.2) is 4.39 Å². The zero-order valence-electron chi connectivity index (χ0n) is 10.6. The van der Waals surface area contributed by atoms with Crippen LogP contribution in [-0.4, -0.2) is 23.0 Å². The fraction of sp³-hybridized carbons (Fsp3) is 0.429. The van der Waals surface area contributed by atoms with Gasteiger partial charge in [0.1, 0.15) is 5.82 Å². The number of benzene rings is 1. The number of amides is 1. The molecule has 0 bridgehead atoms. The Kier molecular flexibility index (Phi) is 3.83. The van der Waals surface area contributed by atoms with Crippen molar-refractivity contribution in [2.75, 3.05) is 0 Å². The number of carboxylic acids is 1. The first kappa shape index (κ1) is 13.5. The van der Waals surface area contributed by atoms with Crippen LogP contribution in [0.5, 0.6) is 0 Å². The number of aliphatic carboxylic acids is 1. The Balaban J connectivity index is 2.02. The second-order valence-electron chi connectivity index (χ2n) is 4.93. The van der Waals surface area contributed by atoms with Crippen molar-refractivity contribution in [1.29, 1.82) is 0 Å². The highest BCUT2D eigenvalue weighted by Crippen LogP contribution is 2.26. The number of carbonyl (C=O) groups is 2. The molecule has 0 unspecified atom stereocenters. The van der Waals surface area contributed by atoms with Gasteiger partial charge in [0.2, 0.25) is 0 Å². The molecule has 0 aliphatic heterocycles. The Hall–Kier alpha value is -1.91. The number of hydrogen-bond acceptors (Lipinski definition) is 2. The highest BCUT2D eigenvalue weighted by molar-refractivity contribution is 5.95. The van der Waals surface area contributed by atoms with Crippen molar-refractivity contribution in [3.63, 3.8) is 0 Å². The lowest BCUT2D eigenvalue weighted by atomic mass is 10.1. The molecule has 1 aromatic rings. The molecule has 1 aromatic carbocycles. The zero-order chi connectivity index (χ0) is 14.0. The molecule has 5 heteroatoms. The van der Waals surface area contributed by atoms with Crippen LogP contribution in [0.1, 0.15) is 35.2 Å². The average Bonchev–Trinajstić information content (AvgIpc) is 2.81. The average molecular weight is 265 g/mol. The largest absolute Gasteiger partial charge is 0.481 e. The van der Waals surface area contributed by atoms with Crippen molar-refractivity contribution < 1.29 is 19.1 Å². The van der Waals surface area contributed by atoms with Gasteiger partial charge in [-0.1, -0.05) is 6.07 Å². The summed E-state index contributed by atoms with van der Waals surface area (Å²) in [4.78, 5) is 22.9. The minimum absolute atomic E-state index is 0.142. The molecule has 2 N–H and O–H groups in total. The minimum atomic E-state index is -0.821. The number of halogens is 1. The van der Waals surface area contributed by atoms with Gasteiger partial charge < -0.3 is 10.4 Å². The first-order valence-electron chi connectivity index (χ1n) is 6.28. The van der Waals surface area contributed by atoms with Crippen LogP contribution >= 0.6 is 0 Å². The van der Waals surface area contributed by atoms with Gasteiger partial charge in [0, 0.05) is 11.6 Å². The van der Waals surface area contributed by atoms with Crippen LogP contribution in [-0.2, 0) is 4.79 Å². The van der Waals surface area contributed by atoms with Gasteiger partial charge in [0.25, 0.3) is 5.91 Å². The van der Waals surface area contributed by atoms with Crippen molar-refractivity contribution in [2.24, 2.45) is 5.92 Å². The maximum atomic E-state index is 13.4. The molecule has 1 aliphatic carbocycles. The van der Waals surface area contributed by atoms with E-state index in [9.17, 15) is 14.0 Å². The summed E-state index contributed by atoms with van der Waals surface area (Å²) in [6, 6.07) is 4.22. The zero-order valence-corrected chi connectivity index (χ0v) is 10.6. The second kappa shape index (κ2) is 5.38. The van der Waals surface area contributed by atoms with Crippen LogP contribution in [0.3, 0.4) is 0 Å². The number of rotatable bonds is 3. The lowest BCUT2D eigenvalue weighted by molar-refractivity contribution is -0.141. The predicted molar refractivity (Wildman–Crippen MR) is 67.4 cm³/mol. The van der Waals surface area contributed by atoms with E-state index >= 15 is 0 Å². The van der Waals surface area contributed by atoms with Crippen LogP contribution in [0.25, 0.3) is 0 Å². The Morgan fingerprint density at radius 1 is 1.37 bits per heavy atom. The van der Waals surface area contributed by atoms with Crippen LogP contribution in [0.15, 0.2) is 18.2 Å². The highest BCUT2D eigenvalue weighted by Gasteiger charge is 2.30. The van der Waals surface area contributed by atoms with Gasteiger partial charge in [0.15, 0.2) is 0 Å². The SMILES string of the molecule is Cc1c(F)cccc1C(=O)N[C@@H]1CC[C@H](C(=O)O)C1. The second-order valence-corrected chi connectivity index (χ2v) is 4.93. The third kappa shape index (κ3) is 2.92. The molecular formula is C14H16FNO3. The first-order valence-corrected chi connectivity index (χ1v) is 6.28. The number of carboxylic acid groups (broad SMARTS) is 1. The normalized spacial score (nSPS) is 22.2. The Labute approximate surface area is 110 Å². The van der Waals surface area contributed by atoms with Gasteiger partial charge in [0.05, 0.1) is 5.92 Å². The van der Waals surface area contributed by atoms with Gasteiger partial charge >= 0.3 is 5.97 Å². The van der Waals surface area contributed by atoms with Crippen LogP contribution in [0.2, 0.25) is 0 Å². The molecule has 1 saturated carbocycles. The van der Waals surface area contributed by atoms with Crippen molar-refractivity contribution in [1.82, 2.24) is 5.32 Å². The highest BCUT2D eigenvalue weighted by atomic mass is 19.1. The maximum Gasteiger partial charge on any atom is 0.306 e. The van der Waals surface area contributed by atoms with Crippen molar-refractivity contribution in [3.8, 4) is 0 Å². The Morgan fingerprint density at radius 2 is 2.11 bits per heavy atom. The third-order valence-electron chi connectivity index (χ3n) is 3.63. The molecule has 19 heavy (non-hydrogen) atoms. The monoisotopic (exact) mass is 265 g/mol. The fourth-order valence-corrected chi connectivity index (χ4v) is 2.45. The number of nitrogens with one attached hydrogen (secondary N) is 1. The molecule has 102 valence electrons. The molecule has 4 nitrogen and oxygen atoms in total. The molecule has 0 spiro atoms. The minimum Gasteiger partial charge on any atom is -0.481 e. The molecule has 1 aliphatic rings. The summed E-state index contributed by atoms with van der Waals surface area (Å²) < 4.78 is 13.4. The molecule has 2 atom stereocenters. The first-order chi connectivity index (χ1) is 8.99. The van der Waals surface area contributed by atoms with E-state index in [1.165, 1.54) is 12.1 Å². The van der Waals surface area contributed by atoms with E-state index in [2.05, 4.69) is 5.32 Å². The van der Waals surface area contributed by atoms with Gasteiger partial charge in [-0.2, -0.15) is 0 Å². The van der Waals surface area contributed by atoms with Gasteiger partial charge in [-0.05, 0) is 43.9 Å². The summed E-state index contributed by atoms with van der Waals surface area (Å²) in [5.41, 5.74) is 0.617. The van der Waals surface area contributed by atoms with E-state index in [1.807, 2.05) is 0 Å². The summed E-state index contributed by atoms with van der Waals surface area (Å²) in [6.45, 7) is 1.55. The topological polar surface area (TPSA) is 66.4 Å². The van der Waals surface area contributed by atoms with E-state index in [4.69, 9.17) is 5.11 Å². The molecule has 0 heterocycles. The van der Waals surface area contributed by atoms with E-state index < -0.39 is 11.8 Å². The molecule has 2 rings (SSSR count). The molecule has 0 radical (unpaired) electrons. The van der Waals surface area contributed by atoms with E-state index in [0.29, 0.717) is 30.4 Å². The fourth-order valence-electron chi connectivity index (χ4n) is 2.45. The van der Waals surface area contributed by atoms with Gasteiger partial charge in [-0.15, -0.1) is 0 Å². The summed E-state index contributed by atoms with van der Waals surface area (Å²) >= 11 is 0. The third-order valence-corrected chi connectivity index (χ3v) is 3.63. The Morgan fingerprint density at radius 3 is 2.74 bits per heavy atom. The number of hydrogen-bond donors (Lipinski definition) is 2. The van der Waals surface area contributed by atoms with Crippen molar-refractivity contribution in [3.05, 3.63) is 35.1 Å². The molecule has 0 saturated heterocycles. The van der Waals surface area contributed by atoms with Crippen molar-refractivity contribution >= 4 is 11.9 Å². The summed E-state index contributed by atoms with van der Waals surface area (Å²) in [7, 11) is 0. The smallest absolute Gasteiger partial charge is 0.306 e. The Bertz CT molecular complexity index is 515. The van der Waals surface area contributed by atoms with E-state index in [0.717, 1.165) is 0 Å². The van der Waals surface area contributed by atoms with Crippen LogP contribution in [0, 0.1) is 18.7 Å². The summed E-state index contributed by atoms with van der Waals surface area (Å²) in [6.07, 6.45) is 1.66. The van der Waals surface area contributed by atoms with Crippen molar-refractivity contribution in [2.45, 2.75) is 32.2 Å². The molecule has 0 aromatic heterocycles. The van der Waals surface area contributed by atoms with E-state index in [1.54, 1.807) is 13.0 Å². The predicted octanol–water partition coefficient (Wildman–Crippen LogP) is 2.12. The molecular weight excluding hydrogens is 249 g/mol. The van der Waals surface area contributed by atoms with E-state index in [-0.39, 0.29) is 17.9 Å². The lowest BCUT2D eigenvalue weighted by Crippen LogP contribution is -2.33. The van der Waals surface area contributed by atoms with Crippen LogP contribution in [0.4, 0.5) is 4.39 Å². The lowest BCUT2D eigenvalue weighted by Gasteiger charge is -2.13. The van der Waals surface area contributed by atoms with Gasteiger partial charge in [-0.3, -0.25) is 9.59 Å². The maximum absolute atomic E-state index is 13.4. The quantitative estimate of drug-likeness (QED) is 0.879. The summed E-state index contributed by atoms with van der Waals surface area (Å²) in [5.74, 6) is -1.96. The molecule has 1 amide bonds.